The van der Waals surface area contributed by atoms with Gasteiger partial charge in [-0.25, -0.2) is 0 Å². The van der Waals surface area contributed by atoms with Crippen LogP contribution in [0.25, 0.3) is 0 Å². The summed E-state index contributed by atoms with van der Waals surface area (Å²) in [6, 6.07) is 9.66. The van der Waals surface area contributed by atoms with Crippen LogP contribution >= 0.6 is 11.8 Å². The second-order valence-electron chi connectivity index (χ2n) is 2.70. The monoisotopic (exact) mass is 209 g/mol. The zero-order valence-corrected chi connectivity index (χ0v) is 8.62. The third-order valence-electron chi connectivity index (χ3n) is 1.65. The van der Waals surface area contributed by atoms with Crippen LogP contribution in [0.4, 0.5) is 0 Å². The van der Waals surface area contributed by atoms with Crippen molar-refractivity contribution in [2.75, 3.05) is 5.75 Å². The van der Waals surface area contributed by atoms with Gasteiger partial charge in [0.15, 0.2) is 5.78 Å². The molecule has 4 heteroatoms. The lowest BCUT2D eigenvalue weighted by molar-refractivity contribution is -0.111. The highest BCUT2D eigenvalue weighted by atomic mass is 32.2. The molecule has 0 aliphatic carbocycles. The summed E-state index contributed by atoms with van der Waals surface area (Å²) < 4.78 is 0. The van der Waals surface area contributed by atoms with E-state index in [1.807, 2.05) is 30.3 Å². The van der Waals surface area contributed by atoms with Crippen molar-refractivity contribution in [3.05, 3.63) is 30.3 Å². The lowest BCUT2D eigenvalue weighted by Gasteiger charge is -2.00. The first-order valence-corrected chi connectivity index (χ1v) is 5.12. The quantitative estimate of drug-likeness (QED) is 0.358. The van der Waals surface area contributed by atoms with Crippen molar-refractivity contribution in [3.8, 4) is 0 Å². The van der Waals surface area contributed by atoms with E-state index < -0.39 is 0 Å². The van der Waals surface area contributed by atoms with Crippen molar-refractivity contribution in [1.82, 2.24) is 0 Å². The van der Waals surface area contributed by atoms with Gasteiger partial charge in [0.1, 0.15) is 5.71 Å². The Bertz CT molecular complexity index is 335. The lowest BCUT2D eigenvalue weighted by Crippen LogP contribution is -2.12. The van der Waals surface area contributed by atoms with Gasteiger partial charge in [-0.15, -0.1) is 11.8 Å². The number of ketones is 1. The number of rotatable bonds is 4. The zero-order valence-electron chi connectivity index (χ0n) is 7.80. The molecule has 0 bridgehead atoms. The molecular formula is C10H11NO2S. The molecule has 1 N–H and O–H groups in total. The Balaban J connectivity index is 2.53. The molecular weight excluding hydrogens is 198 g/mol. The van der Waals surface area contributed by atoms with Crippen molar-refractivity contribution in [2.45, 2.75) is 11.8 Å². The van der Waals surface area contributed by atoms with E-state index in [1.54, 1.807) is 0 Å². The van der Waals surface area contributed by atoms with Gasteiger partial charge in [0.2, 0.25) is 0 Å². The molecule has 1 aromatic carbocycles. The van der Waals surface area contributed by atoms with Crippen LogP contribution in [0.2, 0.25) is 0 Å². The first kappa shape index (κ1) is 10.8. The average molecular weight is 209 g/mol. The topological polar surface area (TPSA) is 49.7 Å². The number of oxime groups is 1. The number of hydrogen-bond donors (Lipinski definition) is 1. The molecule has 3 nitrogen and oxygen atoms in total. The van der Waals surface area contributed by atoms with E-state index in [1.165, 1.54) is 18.7 Å². The average Bonchev–Trinajstić information content (AvgIpc) is 2.20. The Morgan fingerprint density at radius 2 is 2.07 bits per heavy atom. The van der Waals surface area contributed by atoms with Gasteiger partial charge in [-0.05, 0) is 12.1 Å². The molecule has 0 heterocycles. The van der Waals surface area contributed by atoms with Gasteiger partial charge in [0.05, 0.1) is 0 Å². The van der Waals surface area contributed by atoms with Crippen LogP contribution in [-0.2, 0) is 4.79 Å². The van der Waals surface area contributed by atoms with E-state index in [0.717, 1.165) is 4.90 Å². The minimum atomic E-state index is -0.198. The Kier molecular flexibility index (Phi) is 4.19. The van der Waals surface area contributed by atoms with Gasteiger partial charge in [0, 0.05) is 17.6 Å². The molecule has 0 saturated carbocycles. The molecule has 0 unspecified atom stereocenters. The van der Waals surface area contributed by atoms with Gasteiger partial charge < -0.3 is 5.21 Å². The van der Waals surface area contributed by atoms with Crippen LogP contribution < -0.4 is 0 Å². The normalized spacial score (nSPS) is 11.4. The predicted molar refractivity (Wildman–Crippen MR) is 57.1 cm³/mol. The molecule has 0 fully saturated rings. The van der Waals surface area contributed by atoms with Gasteiger partial charge in [-0.1, -0.05) is 23.4 Å². The maximum absolute atomic E-state index is 10.9. The highest BCUT2D eigenvalue weighted by Gasteiger charge is 2.06. The number of Topliss-reactive ketones (excluding diaryl/α,β-unsaturated/α-hetero) is 1. The highest BCUT2D eigenvalue weighted by Crippen LogP contribution is 2.16. The molecule has 0 aliphatic heterocycles. The lowest BCUT2D eigenvalue weighted by atomic mass is 10.3. The summed E-state index contributed by atoms with van der Waals surface area (Å²) in [6.45, 7) is 1.39. The molecule has 0 aliphatic rings. The highest BCUT2D eigenvalue weighted by molar-refractivity contribution is 8.00. The number of carbonyl (C=O) groups is 1. The van der Waals surface area contributed by atoms with Crippen LogP contribution in [0, 0.1) is 0 Å². The van der Waals surface area contributed by atoms with Crippen LogP contribution in [0.3, 0.4) is 0 Å². The van der Waals surface area contributed by atoms with Gasteiger partial charge >= 0.3 is 0 Å². The minimum absolute atomic E-state index is 0.193. The molecule has 1 rings (SSSR count). The Labute approximate surface area is 86.8 Å². The van der Waals surface area contributed by atoms with Crippen LogP contribution in [0.15, 0.2) is 40.4 Å². The zero-order chi connectivity index (χ0) is 10.4. The molecule has 0 spiro atoms. The van der Waals surface area contributed by atoms with E-state index in [9.17, 15) is 4.79 Å². The maximum Gasteiger partial charge on any atom is 0.178 e. The minimum Gasteiger partial charge on any atom is -0.411 e. The van der Waals surface area contributed by atoms with Crippen molar-refractivity contribution >= 4 is 23.3 Å². The second kappa shape index (κ2) is 5.44. The summed E-state index contributed by atoms with van der Waals surface area (Å²) in [7, 11) is 0. The predicted octanol–water partition coefficient (Wildman–Crippen LogP) is 2.20. The fraction of sp³-hybridized carbons (Fsp3) is 0.200. The molecule has 0 saturated heterocycles. The number of carbonyl (C=O) groups excluding carboxylic acids is 1. The first-order valence-electron chi connectivity index (χ1n) is 4.13. The maximum atomic E-state index is 10.9. The van der Waals surface area contributed by atoms with Crippen molar-refractivity contribution in [2.24, 2.45) is 5.16 Å². The van der Waals surface area contributed by atoms with Crippen LogP contribution in [0.5, 0.6) is 0 Å². The second-order valence-corrected chi connectivity index (χ2v) is 3.75. The fourth-order valence-corrected chi connectivity index (χ4v) is 1.78. The van der Waals surface area contributed by atoms with Crippen molar-refractivity contribution in [3.63, 3.8) is 0 Å². The smallest absolute Gasteiger partial charge is 0.178 e. The van der Waals surface area contributed by atoms with Crippen LogP contribution in [-0.4, -0.2) is 22.5 Å². The van der Waals surface area contributed by atoms with E-state index in [-0.39, 0.29) is 11.5 Å². The molecule has 14 heavy (non-hydrogen) atoms. The summed E-state index contributed by atoms with van der Waals surface area (Å²) in [5.41, 5.74) is 0.193. The number of thioether (sulfide) groups is 1. The third kappa shape index (κ3) is 3.22. The summed E-state index contributed by atoms with van der Waals surface area (Å²) in [5, 5.41) is 11.5. The van der Waals surface area contributed by atoms with E-state index >= 15 is 0 Å². The van der Waals surface area contributed by atoms with Gasteiger partial charge in [-0.2, -0.15) is 0 Å². The van der Waals surface area contributed by atoms with Crippen LogP contribution in [0.1, 0.15) is 6.92 Å². The number of benzene rings is 1. The summed E-state index contributed by atoms with van der Waals surface area (Å²) in [4.78, 5) is 11.9. The van der Waals surface area contributed by atoms with Gasteiger partial charge in [-0.3, -0.25) is 4.79 Å². The molecule has 0 atom stereocenters. The summed E-state index contributed by atoms with van der Waals surface area (Å²) in [6.07, 6.45) is 0. The van der Waals surface area contributed by atoms with E-state index in [4.69, 9.17) is 5.21 Å². The SMILES string of the molecule is CC(=O)/C(CSc1ccccc1)=N\O. The summed E-state index contributed by atoms with van der Waals surface area (Å²) >= 11 is 1.47. The van der Waals surface area contributed by atoms with Crippen molar-refractivity contribution < 1.29 is 10.0 Å². The molecule has 0 radical (unpaired) electrons. The molecule has 0 amide bonds. The third-order valence-corrected chi connectivity index (χ3v) is 2.67. The van der Waals surface area contributed by atoms with E-state index in [2.05, 4.69) is 5.16 Å². The standard InChI is InChI=1S/C10H11NO2S/c1-8(12)10(11-13)7-14-9-5-3-2-4-6-9/h2-6,13H,7H2,1H3/b11-10-. The fourth-order valence-electron chi connectivity index (χ4n) is 0.869. The Morgan fingerprint density at radius 1 is 1.43 bits per heavy atom. The molecule has 1 aromatic rings. The number of nitrogens with zero attached hydrogens (tertiary/aromatic N) is 1. The van der Waals surface area contributed by atoms with E-state index in [0.29, 0.717) is 5.75 Å². The Morgan fingerprint density at radius 3 is 2.57 bits per heavy atom. The molecule has 74 valence electrons. The van der Waals surface area contributed by atoms with Gasteiger partial charge in [0.25, 0.3) is 0 Å². The summed E-state index contributed by atoms with van der Waals surface area (Å²) in [5.74, 6) is 0.200. The van der Waals surface area contributed by atoms with Crippen molar-refractivity contribution in [1.29, 1.82) is 0 Å². The Hall–Kier alpha value is -1.29. The molecule has 0 aromatic heterocycles. The number of hydrogen-bond acceptors (Lipinski definition) is 4. The largest absolute Gasteiger partial charge is 0.411 e. The first-order chi connectivity index (χ1) is 6.74.